The molecule has 0 fully saturated rings. The zero-order valence-corrected chi connectivity index (χ0v) is 10.5. The largest absolute Gasteiger partial charge is 0.293 e. The molecule has 0 N–H and O–H groups in total. The number of hydrogen-bond acceptors (Lipinski definition) is 3. The highest BCUT2D eigenvalue weighted by Crippen LogP contribution is 2.20. The second-order valence-corrected chi connectivity index (χ2v) is 4.94. The van der Waals surface area contributed by atoms with Gasteiger partial charge in [-0.3, -0.25) is 9.78 Å². The summed E-state index contributed by atoms with van der Waals surface area (Å²) in [6.07, 6.45) is 1.71. The van der Waals surface area contributed by atoms with E-state index in [-0.39, 0.29) is 18.0 Å². The van der Waals surface area contributed by atoms with Gasteiger partial charge in [0.05, 0.1) is 10.4 Å². The van der Waals surface area contributed by atoms with Crippen molar-refractivity contribution >= 4 is 33.0 Å². The predicted octanol–water partition coefficient (Wildman–Crippen LogP) is 3.47. The van der Waals surface area contributed by atoms with Crippen LogP contribution in [0.25, 0.3) is 0 Å². The third-order valence-corrected chi connectivity index (χ3v) is 3.65. The molecule has 0 radical (unpaired) electrons. The van der Waals surface area contributed by atoms with Gasteiger partial charge in [-0.15, -0.1) is 11.3 Å². The van der Waals surface area contributed by atoms with Gasteiger partial charge in [0.15, 0.2) is 5.78 Å². The first-order chi connectivity index (χ1) is 7.66. The van der Waals surface area contributed by atoms with Crippen molar-refractivity contribution in [2.24, 2.45) is 0 Å². The van der Waals surface area contributed by atoms with Crippen LogP contribution in [-0.2, 0) is 6.42 Å². The molecular weight excluding hydrogens is 293 g/mol. The molecule has 1 aromatic heterocycles. The monoisotopic (exact) mass is 299 g/mol. The lowest BCUT2D eigenvalue weighted by Crippen LogP contribution is -2.02. The zero-order chi connectivity index (χ0) is 11.5. The van der Waals surface area contributed by atoms with Gasteiger partial charge in [0.1, 0.15) is 5.82 Å². The average Bonchev–Trinajstić information content (AvgIpc) is 2.76. The highest BCUT2D eigenvalue weighted by Gasteiger charge is 2.11. The summed E-state index contributed by atoms with van der Waals surface area (Å²) in [6.45, 7) is 0. The van der Waals surface area contributed by atoms with Gasteiger partial charge in [-0.25, -0.2) is 4.39 Å². The smallest absolute Gasteiger partial charge is 0.178 e. The molecule has 82 valence electrons. The SMILES string of the molecule is O=C(Cc1cc(F)ccc1Br)c1cncs1. The predicted molar refractivity (Wildman–Crippen MR) is 64.2 cm³/mol. The van der Waals surface area contributed by atoms with Crippen molar-refractivity contribution in [3.63, 3.8) is 0 Å². The molecule has 2 aromatic rings. The van der Waals surface area contributed by atoms with Crippen LogP contribution in [0.4, 0.5) is 4.39 Å². The van der Waals surface area contributed by atoms with E-state index in [9.17, 15) is 9.18 Å². The van der Waals surface area contributed by atoms with E-state index in [1.165, 1.54) is 29.7 Å². The second kappa shape index (κ2) is 4.84. The Kier molecular flexibility index (Phi) is 3.46. The van der Waals surface area contributed by atoms with Crippen molar-refractivity contribution in [2.75, 3.05) is 0 Å². The van der Waals surface area contributed by atoms with E-state index in [2.05, 4.69) is 20.9 Å². The van der Waals surface area contributed by atoms with Gasteiger partial charge in [0, 0.05) is 17.1 Å². The summed E-state index contributed by atoms with van der Waals surface area (Å²) in [5.41, 5.74) is 2.26. The van der Waals surface area contributed by atoms with E-state index in [4.69, 9.17) is 0 Å². The number of hydrogen-bond donors (Lipinski definition) is 0. The summed E-state index contributed by atoms with van der Waals surface area (Å²) >= 11 is 4.58. The first kappa shape index (κ1) is 11.4. The first-order valence-corrected chi connectivity index (χ1v) is 6.19. The van der Waals surface area contributed by atoms with Gasteiger partial charge in [0.2, 0.25) is 0 Å². The molecule has 0 spiro atoms. The highest BCUT2D eigenvalue weighted by atomic mass is 79.9. The van der Waals surface area contributed by atoms with E-state index in [0.717, 1.165) is 4.47 Å². The van der Waals surface area contributed by atoms with E-state index < -0.39 is 0 Å². The van der Waals surface area contributed by atoms with E-state index in [0.29, 0.717) is 10.4 Å². The molecular formula is C11H7BrFNOS. The van der Waals surface area contributed by atoms with Crippen molar-refractivity contribution in [3.05, 3.63) is 50.6 Å². The second-order valence-electron chi connectivity index (χ2n) is 3.20. The Morgan fingerprint density at radius 1 is 1.50 bits per heavy atom. The van der Waals surface area contributed by atoms with Crippen LogP contribution < -0.4 is 0 Å². The van der Waals surface area contributed by atoms with Crippen molar-refractivity contribution in [2.45, 2.75) is 6.42 Å². The van der Waals surface area contributed by atoms with Crippen LogP contribution in [0.1, 0.15) is 15.2 Å². The number of nitrogens with zero attached hydrogens (tertiary/aromatic N) is 1. The number of benzene rings is 1. The van der Waals surface area contributed by atoms with Crippen LogP contribution in [0, 0.1) is 5.82 Å². The maximum absolute atomic E-state index is 13.0. The fourth-order valence-corrected chi connectivity index (χ4v) is 2.24. The lowest BCUT2D eigenvalue weighted by Gasteiger charge is -2.02. The van der Waals surface area contributed by atoms with Crippen LogP contribution in [0.15, 0.2) is 34.4 Å². The van der Waals surface area contributed by atoms with Gasteiger partial charge in [-0.05, 0) is 23.8 Å². The quantitative estimate of drug-likeness (QED) is 0.812. The number of carbonyl (C=O) groups is 1. The number of rotatable bonds is 3. The number of Topliss-reactive ketones (excluding diaryl/α,β-unsaturated/α-hetero) is 1. The first-order valence-electron chi connectivity index (χ1n) is 4.52. The Balaban J connectivity index is 2.21. The molecule has 16 heavy (non-hydrogen) atoms. The Labute approximate surface area is 104 Å². The molecule has 2 nitrogen and oxygen atoms in total. The van der Waals surface area contributed by atoms with Gasteiger partial charge >= 0.3 is 0 Å². The molecule has 0 atom stereocenters. The Morgan fingerprint density at radius 2 is 2.31 bits per heavy atom. The minimum absolute atomic E-state index is 0.0474. The van der Waals surface area contributed by atoms with Crippen molar-refractivity contribution in [1.82, 2.24) is 4.98 Å². The lowest BCUT2D eigenvalue weighted by atomic mass is 10.1. The molecule has 0 unspecified atom stereocenters. The maximum Gasteiger partial charge on any atom is 0.178 e. The molecule has 1 aromatic carbocycles. The van der Waals surface area contributed by atoms with Gasteiger partial charge in [-0.1, -0.05) is 15.9 Å². The molecule has 0 saturated heterocycles. The fraction of sp³-hybridized carbons (Fsp3) is 0.0909. The van der Waals surface area contributed by atoms with E-state index in [1.54, 1.807) is 11.6 Å². The summed E-state index contributed by atoms with van der Waals surface area (Å²) in [6, 6.07) is 4.32. The third-order valence-electron chi connectivity index (χ3n) is 2.07. The Hall–Kier alpha value is -1.07. The maximum atomic E-state index is 13.0. The molecule has 0 aliphatic carbocycles. The summed E-state index contributed by atoms with van der Waals surface area (Å²) in [5, 5.41) is 0. The lowest BCUT2D eigenvalue weighted by molar-refractivity contribution is 0.0996. The Bertz CT molecular complexity index is 513. The number of halogens is 2. The van der Waals surface area contributed by atoms with Crippen LogP contribution in [0.2, 0.25) is 0 Å². The van der Waals surface area contributed by atoms with Gasteiger partial charge < -0.3 is 0 Å². The third kappa shape index (κ3) is 2.54. The number of aromatic nitrogens is 1. The van der Waals surface area contributed by atoms with Crippen molar-refractivity contribution in [3.8, 4) is 0 Å². The minimum Gasteiger partial charge on any atom is -0.293 e. The molecule has 0 aliphatic heterocycles. The van der Waals surface area contributed by atoms with Crippen LogP contribution in [-0.4, -0.2) is 10.8 Å². The molecule has 5 heteroatoms. The number of ketones is 1. The summed E-state index contributed by atoms with van der Waals surface area (Å²) in [7, 11) is 0. The topological polar surface area (TPSA) is 30.0 Å². The summed E-state index contributed by atoms with van der Waals surface area (Å²) in [5.74, 6) is -0.385. The van der Waals surface area contributed by atoms with E-state index >= 15 is 0 Å². The minimum atomic E-state index is -0.338. The Morgan fingerprint density at radius 3 is 3.00 bits per heavy atom. The van der Waals surface area contributed by atoms with Crippen LogP contribution in [0.3, 0.4) is 0 Å². The molecule has 0 amide bonds. The number of carbonyl (C=O) groups excluding carboxylic acids is 1. The van der Waals surface area contributed by atoms with Crippen molar-refractivity contribution in [1.29, 1.82) is 0 Å². The summed E-state index contributed by atoms with van der Waals surface area (Å²) in [4.78, 5) is 16.2. The molecule has 2 rings (SSSR count). The number of thiazole rings is 1. The zero-order valence-electron chi connectivity index (χ0n) is 8.11. The molecule has 0 aliphatic rings. The van der Waals surface area contributed by atoms with Gasteiger partial charge in [0.25, 0.3) is 0 Å². The van der Waals surface area contributed by atoms with Gasteiger partial charge in [-0.2, -0.15) is 0 Å². The molecule has 1 heterocycles. The molecule has 0 saturated carbocycles. The standard InChI is InChI=1S/C11H7BrFNOS/c12-9-2-1-8(13)3-7(9)4-10(15)11-5-14-6-16-11/h1-3,5-6H,4H2. The fourth-order valence-electron chi connectivity index (χ4n) is 1.29. The van der Waals surface area contributed by atoms with E-state index in [1.807, 2.05) is 0 Å². The molecule has 0 bridgehead atoms. The van der Waals surface area contributed by atoms with Crippen molar-refractivity contribution < 1.29 is 9.18 Å². The normalized spacial score (nSPS) is 10.4. The van der Waals surface area contributed by atoms with Crippen LogP contribution >= 0.6 is 27.3 Å². The summed E-state index contributed by atoms with van der Waals surface area (Å²) < 4.78 is 13.7. The average molecular weight is 300 g/mol. The highest BCUT2D eigenvalue weighted by molar-refractivity contribution is 9.10. The van der Waals surface area contributed by atoms with Crippen LogP contribution in [0.5, 0.6) is 0 Å².